The highest BCUT2D eigenvalue weighted by Gasteiger charge is 2.08. The van der Waals surface area contributed by atoms with Gasteiger partial charge < -0.3 is 19.2 Å². The second-order valence-electron chi connectivity index (χ2n) is 6.34. The van der Waals surface area contributed by atoms with Crippen molar-refractivity contribution in [3.63, 3.8) is 0 Å². The van der Waals surface area contributed by atoms with E-state index < -0.39 is 0 Å². The van der Waals surface area contributed by atoms with Gasteiger partial charge in [0.2, 0.25) is 0 Å². The fraction of sp³-hybridized carbons (Fsp3) is 0.476. The average Bonchev–Trinajstić information content (AvgIpc) is 3.19. The number of nitrogens with one attached hydrogen (secondary N) is 1. The first-order valence-corrected chi connectivity index (χ1v) is 9.36. The first-order valence-electron chi connectivity index (χ1n) is 9.36. The van der Waals surface area contributed by atoms with E-state index in [-0.39, 0.29) is 12.5 Å². The smallest absolute Gasteiger partial charge is 0.258 e. The second-order valence-corrected chi connectivity index (χ2v) is 6.34. The fourth-order valence-corrected chi connectivity index (χ4v) is 2.54. The minimum Gasteiger partial charge on any atom is -0.493 e. The van der Waals surface area contributed by atoms with Crippen molar-refractivity contribution in [2.24, 2.45) is 5.92 Å². The van der Waals surface area contributed by atoms with E-state index in [0.717, 1.165) is 18.8 Å². The van der Waals surface area contributed by atoms with Crippen molar-refractivity contribution in [1.82, 2.24) is 5.32 Å². The third-order valence-corrected chi connectivity index (χ3v) is 4.26. The van der Waals surface area contributed by atoms with E-state index in [1.165, 1.54) is 19.3 Å². The molecule has 142 valence electrons. The molecule has 0 saturated carbocycles. The Morgan fingerprint density at radius 2 is 1.85 bits per heavy atom. The fourth-order valence-electron chi connectivity index (χ4n) is 2.54. The van der Waals surface area contributed by atoms with Gasteiger partial charge in [0, 0.05) is 0 Å². The molecule has 0 aliphatic carbocycles. The summed E-state index contributed by atoms with van der Waals surface area (Å²) in [5, 5.41) is 2.74. The lowest BCUT2D eigenvalue weighted by Crippen LogP contribution is -2.28. The number of carbonyl (C=O) groups excluding carboxylic acids is 1. The Kier molecular flexibility index (Phi) is 8.60. The zero-order valence-corrected chi connectivity index (χ0v) is 15.7. The highest BCUT2D eigenvalue weighted by molar-refractivity contribution is 5.77. The average molecular weight is 359 g/mol. The van der Waals surface area contributed by atoms with Gasteiger partial charge in [0.25, 0.3) is 5.91 Å². The predicted molar refractivity (Wildman–Crippen MR) is 101 cm³/mol. The van der Waals surface area contributed by atoms with Crippen LogP contribution in [0.2, 0.25) is 0 Å². The van der Waals surface area contributed by atoms with Crippen LogP contribution in [-0.2, 0) is 11.3 Å². The van der Waals surface area contributed by atoms with E-state index in [0.29, 0.717) is 24.0 Å². The molecule has 1 aromatic heterocycles. The minimum absolute atomic E-state index is 0.0319. The first-order chi connectivity index (χ1) is 12.7. The van der Waals surface area contributed by atoms with Gasteiger partial charge in [-0.1, -0.05) is 33.1 Å². The van der Waals surface area contributed by atoms with Gasteiger partial charge in [0.1, 0.15) is 17.3 Å². The number of unbranched alkanes of at least 4 members (excludes halogenated alkanes) is 1. The van der Waals surface area contributed by atoms with Crippen molar-refractivity contribution >= 4 is 5.91 Å². The van der Waals surface area contributed by atoms with Crippen molar-refractivity contribution in [2.45, 2.75) is 46.1 Å². The Morgan fingerprint density at radius 3 is 2.46 bits per heavy atom. The number of hydrogen-bond acceptors (Lipinski definition) is 4. The minimum atomic E-state index is -0.191. The molecule has 0 fully saturated rings. The number of ether oxygens (including phenoxy) is 2. The zero-order chi connectivity index (χ0) is 18.6. The van der Waals surface area contributed by atoms with Crippen molar-refractivity contribution in [2.75, 3.05) is 13.2 Å². The van der Waals surface area contributed by atoms with Gasteiger partial charge >= 0.3 is 0 Å². The summed E-state index contributed by atoms with van der Waals surface area (Å²) in [5.74, 6) is 2.59. The SMILES string of the molecule is CCCCC(CC)COc1ccc(OCC(=O)NCc2ccco2)cc1. The van der Waals surface area contributed by atoms with Crippen molar-refractivity contribution in [1.29, 1.82) is 0 Å². The molecule has 0 aliphatic rings. The second kappa shape index (κ2) is 11.2. The lowest BCUT2D eigenvalue weighted by molar-refractivity contribution is -0.123. The van der Waals surface area contributed by atoms with Crippen molar-refractivity contribution in [3.8, 4) is 11.5 Å². The molecule has 1 unspecified atom stereocenters. The van der Waals surface area contributed by atoms with E-state index >= 15 is 0 Å². The van der Waals surface area contributed by atoms with Crippen molar-refractivity contribution in [3.05, 3.63) is 48.4 Å². The number of amides is 1. The number of furan rings is 1. The van der Waals surface area contributed by atoms with Crippen LogP contribution in [0.5, 0.6) is 11.5 Å². The van der Waals surface area contributed by atoms with Crippen LogP contribution in [0, 0.1) is 5.92 Å². The Balaban J connectivity index is 1.68. The molecule has 26 heavy (non-hydrogen) atoms. The highest BCUT2D eigenvalue weighted by Crippen LogP contribution is 2.20. The standard InChI is InChI=1S/C21H29NO4/c1-3-5-7-17(4-2)15-25-18-9-11-19(12-10-18)26-16-21(23)22-14-20-8-6-13-24-20/h6,8-13,17H,3-5,7,14-16H2,1-2H3,(H,22,23). The topological polar surface area (TPSA) is 60.7 Å². The third kappa shape index (κ3) is 7.21. The molecule has 1 heterocycles. The summed E-state index contributed by atoms with van der Waals surface area (Å²) in [6, 6.07) is 11.0. The Hall–Kier alpha value is -2.43. The Bertz CT molecular complexity index is 622. The van der Waals surface area contributed by atoms with E-state index in [1.54, 1.807) is 12.3 Å². The van der Waals surface area contributed by atoms with Gasteiger partial charge in [-0.15, -0.1) is 0 Å². The Morgan fingerprint density at radius 1 is 1.12 bits per heavy atom. The van der Waals surface area contributed by atoms with Gasteiger partial charge in [0.15, 0.2) is 6.61 Å². The quantitative estimate of drug-likeness (QED) is 0.603. The molecule has 2 rings (SSSR count). The molecule has 2 aromatic rings. The summed E-state index contributed by atoms with van der Waals surface area (Å²) < 4.78 is 16.5. The first kappa shape index (κ1) is 19.9. The van der Waals surface area contributed by atoms with Gasteiger partial charge in [-0.3, -0.25) is 4.79 Å². The maximum Gasteiger partial charge on any atom is 0.258 e. The summed E-state index contributed by atoms with van der Waals surface area (Å²) in [5.41, 5.74) is 0. The molecule has 1 amide bonds. The van der Waals surface area contributed by atoms with Crippen LogP contribution in [0.3, 0.4) is 0 Å². The summed E-state index contributed by atoms with van der Waals surface area (Å²) >= 11 is 0. The van der Waals surface area contributed by atoms with Crippen LogP contribution in [0.1, 0.15) is 45.3 Å². The van der Waals surface area contributed by atoms with Crippen molar-refractivity contribution < 1.29 is 18.7 Å². The molecule has 5 nitrogen and oxygen atoms in total. The van der Waals surface area contributed by atoms with E-state index in [1.807, 2.05) is 30.3 Å². The lowest BCUT2D eigenvalue weighted by Gasteiger charge is -2.15. The summed E-state index contributed by atoms with van der Waals surface area (Å²) in [6.45, 7) is 5.49. The monoisotopic (exact) mass is 359 g/mol. The summed E-state index contributed by atoms with van der Waals surface area (Å²) in [4.78, 5) is 11.8. The Labute approximate surface area is 155 Å². The molecule has 0 aliphatic heterocycles. The molecule has 5 heteroatoms. The molecule has 1 aromatic carbocycles. The van der Waals surface area contributed by atoms with Gasteiger partial charge in [-0.05, 0) is 48.7 Å². The summed E-state index contributed by atoms with van der Waals surface area (Å²) in [6.07, 6.45) is 6.39. The molecular weight excluding hydrogens is 330 g/mol. The van der Waals surface area contributed by atoms with E-state index in [2.05, 4.69) is 19.2 Å². The maximum absolute atomic E-state index is 11.8. The number of benzene rings is 1. The predicted octanol–water partition coefficient (Wildman–Crippen LogP) is 4.57. The van der Waals surface area contributed by atoms with E-state index in [9.17, 15) is 4.79 Å². The molecule has 0 radical (unpaired) electrons. The van der Waals surface area contributed by atoms with Gasteiger partial charge in [0.05, 0.1) is 19.4 Å². The third-order valence-electron chi connectivity index (χ3n) is 4.26. The van der Waals surface area contributed by atoms with Crippen LogP contribution in [0.15, 0.2) is 47.1 Å². The normalized spacial score (nSPS) is 11.8. The molecule has 0 bridgehead atoms. The molecule has 0 spiro atoms. The van der Waals surface area contributed by atoms with Crippen LogP contribution in [0.4, 0.5) is 0 Å². The maximum atomic E-state index is 11.8. The molecule has 0 saturated heterocycles. The number of rotatable bonds is 12. The molecule has 1 N–H and O–H groups in total. The van der Waals surface area contributed by atoms with E-state index in [4.69, 9.17) is 13.9 Å². The van der Waals surface area contributed by atoms with Crippen LogP contribution in [0.25, 0.3) is 0 Å². The largest absolute Gasteiger partial charge is 0.493 e. The van der Waals surface area contributed by atoms with Gasteiger partial charge in [-0.25, -0.2) is 0 Å². The number of carbonyl (C=O) groups is 1. The molecular formula is C21H29NO4. The number of hydrogen-bond donors (Lipinski definition) is 1. The lowest BCUT2D eigenvalue weighted by atomic mass is 10.0. The highest BCUT2D eigenvalue weighted by atomic mass is 16.5. The van der Waals surface area contributed by atoms with Crippen LogP contribution < -0.4 is 14.8 Å². The van der Waals surface area contributed by atoms with Gasteiger partial charge in [-0.2, -0.15) is 0 Å². The summed E-state index contributed by atoms with van der Waals surface area (Å²) in [7, 11) is 0. The van der Waals surface area contributed by atoms with Crippen LogP contribution >= 0.6 is 0 Å². The molecule has 1 atom stereocenters. The zero-order valence-electron chi connectivity index (χ0n) is 15.7. The van der Waals surface area contributed by atoms with Crippen LogP contribution in [-0.4, -0.2) is 19.1 Å².